The van der Waals surface area contributed by atoms with Crippen LogP contribution in [0.15, 0.2) is 36.4 Å². The fraction of sp³-hybridized carbons (Fsp3) is 0.235. The molecule has 3 heteroatoms. The summed E-state index contributed by atoms with van der Waals surface area (Å²) in [5.41, 5.74) is 9.93. The number of benzene rings is 2. The first-order valence-electron chi connectivity index (χ1n) is 6.82. The van der Waals surface area contributed by atoms with E-state index in [1.54, 1.807) is 12.1 Å². The molecule has 20 heavy (non-hydrogen) atoms. The van der Waals surface area contributed by atoms with E-state index in [1.807, 2.05) is 31.2 Å². The number of hydrogen-bond donors (Lipinski definition) is 1. The summed E-state index contributed by atoms with van der Waals surface area (Å²) in [5.74, 6) is 0.933. The molecule has 1 aliphatic heterocycles. The van der Waals surface area contributed by atoms with Crippen molar-refractivity contribution in [3.63, 3.8) is 0 Å². The summed E-state index contributed by atoms with van der Waals surface area (Å²) in [5, 5.41) is 0. The molecule has 0 saturated heterocycles. The zero-order valence-corrected chi connectivity index (χ0v) is 11.5. The molecule has 1 aliphatic rings. The topological polar surface area (TPSA) is 52.3 Å². The zero-order valence-electron chi connectivity index (χ0n) is 11.5. The Hall–Kier alpha value is -2.29. The lowest BCUT2D eigenvalue weighted by atomic mass is 9.97. The van der Waals surface area contributed by atoms with E-state index in [4.69, 9.17) is 10.5 Å². The van der Waals surface area contributed by atoms with Crippen molar-refractivity contribution in [2.45, 2.75) is 19.8 Å². The Balaban J connectivity index is 1.95. The average molecular weight is 267 g/mol. The lowest BCUT2D eigenvalue weighted by molar-refractivity contribution is 0.103. The van der Waals surface area contributed by atoms with Crippen LogP contribution >= 0.6 is 0 Å². The highest BCUT2D eigenvalue weighted by atomic mass is 16.5. The van der Waals surface area contributed by atoms with Gasteiger partial charge in [-0.1, -0.05) is 0 Å². The third-order valence-corrected chi connectivity index (χ3v) is 3.70. The second-order valence-corrected chi connectivity index (χ2v) is 5.18. The molecular weight excluding hydrogens is 250 g/mol. The van der Waals surface area contributed by atoms with Crippen LogP contribution in [0.5, 0.6) is 5.75 Å². The van der Waals surface area contributed by atoms with Crippen molar-refractivity contribution >= 4 is 11.5 Å². The Morgan fingerprint density at radius 1 is 1.15 bits per heavy atom. The van der Waals surface area contributed by atoms with Gasteiger partial charge in [0.15, 0.2) is 5.78 Å². The maximum atomic E-state index is 12.5. The van der Waals surface area contributed by atoms with Crippen molar-refractivity contribution in [2.75, 3.05) is 12.3 Å². The number of fused-ring (bicyclic) bond motifs is 1. The summed E-state index contributed by atoms with van der Waals surface area (Å²) in [7, 11) is 0. The van der Waals surface area contributed by atoms with Crippen molar-refractivity contribution in [3.05, 3.63) is 58.7 Å². The first-order chi connectivity index (χ1) is 9.65. The smallest absolute Gasteiger partial charge is 0.193 e. The molecule has 0 unspecified atom stereocenters. The molecule has 0 amide bonds. The second kappa shape index (κ2) is 5.00. The highest BCUT2D eigenvalue weighted by Gasteiger charge is 2.15. The Labute approximate surface area is 118 Å². The fourth-order valence-electron chi connectivity index (χ4n) is 2.49. The molecule has 2 aromatic rings. The molecule has 0 spiro atoms. The van der Waals surface area contributed by atoms with E-state index in [2.05, 4.69) is 0 Å². The Bertz CT molecular complexity index is 677. The predicted molar refractivity (Wildman–Crippen MR) is 79.3 cm³/mol. The average Bonchev–Trinajstić information content (AvgIpc) is 2.49. The number of nitrogens with two attached hydrogens (primary N) is 1. The van der Waals surface area contributed by atoms with Crippen molar-refractivity contribution in [3.8, 4) is 5.75 Å². The van der Waals surface area contributed by atoms with Crippen LogP contribution in [0.1, 0.15) is 33.5 Å². The minimum atomic E-state index is 0.0291. The summed E-state index contributed by atoms with van der Waals surface area (Å²) in [6.45, 7) is 2.67. The van der Waals surface area contributed by atoms with Crippen LogP contribution in [0.4, 0.5) is 5.69 Å². The van der Waals surface area contributed by atoms with Gasteiger partial charge in [-0.15, -0.1) is 0 Å². The Morgan fingerprint density at radius 3 is 2.70 bits per heavy atom. The number of carbonyl (C=O) groups is 1. The molecule has 2 aromatic carbocycles. The predicted octanol–water partition coefficient (Wildman–Crippen LogP) is 3.13. The van der Waals surface area contributed by atoms with Crippen LogP contribution in [0.25, 0.3) is 0 Å². The standard InChI is InChI=1S/C17H17NO2/c1-11-9-13(4-6-15(11)18)17(19)14-5-7-16-12(10-14)3-2-8-20-16/h4-7,9-10H,2-3,8,18H2,1H3. The minimum absolute atomic E-state index is 0.0291. The van der Waals surface area contributed by atoms with Gasteiger partial charge < -0.3 is 10.5 Å². The number of rotatable bonds is 2. The molecule has 0 fully saturated rings. The van der Waals surface area contributed by atoms with Crippen LogP contribution in [0.3, 0.4) is 0 Å². The molecule has 3 nitrogen and oxygen atoms in total. The third kappa shape index (κ3) is 2.27. The van der Waals surface area contributed by atoms with E-state index in [9.17, 15) is 4.79 Å². The quantitative estimate of drug-likeness (QED) is 0.672. The number of ether oxygens (including phenoxy) is 1. The van der Waals surface area contributed by atoms with Crippen LogP contribution in [0, 0.1) is 6.92 Å². The molecule has 0 aromatic heterocycles. The van der Waals surface area contributed by atoms with Gasteiger partial charge in [-0.25, -0.2) is 0 Å². The van der Waals surface area contributed by atoms with E-state index in [-0.39, 0.29) is 5.78 Å². The zero-order chi connectivity index (χ0) is 14.1. The number of anilines is 1. The Morgan fingerprint density at radius 2 is 1.90 bits per heavy atom. The summed E-state index contributed by atoms with van der Waals surface area (Å²) in [6.07, 6.45) is 1.98. The first kappa shape index (κ1) is 12.7. The SMILES string of the molecule is Cc1cc(C(=O)c2ccc3c(c2)CCCO3)ccc1N. The van der Waals surface area contributed by atoms with Crippen molar-refractivity contribution in [1.82, 2.24) is 0 Å². The molecule has 102 valence electrons. The number of carbonyl (C=O) groups excluding carboxylic acids is 1. The maximum Gasteiger partial charge on any atom is 0.193 e. The second-order valence-electron chi connectivity index (χ2n) is 5.18. The van der Waals surface area contributed by atoms with Gasteiger partial charge in [-0.2, -0.15) is 0 Å². The number of aryl methyl sites for hydroxylation is 2. The van der Waals surface area contributed by atoms with Gasteiger partial charge in [0, 0.05) is 16.8 Å². The lowest BCUT2D eigenvalue weighted by Crippen LogP contribution is -2.10. The van der Waals surface area contributed by atoms with Crippen LogP contribution in [-0.4, -0.2) is 12.4 Å². The molecule has 0 radical (unpaired) electrons. The summed E-state index contributed by atoms with van der Waals surface area (Å²) >= 11 is 0. The van der Waals surface area contributed by atoms with E-state index in [0.29, 0.717) is 16.8 Å². The molecule has 0 saturated carbocycles. The van der Waals surface area contributed by atoms with Gasteiger partial charge in [0.25, 0.3) is 0 Å². The number of hydrogen-bond acceptors (Lipinski definition) is 3. The minimum Gasteiger partial charge on any atom is -0.493 e. The van der Waals surface area contributed by atoms with Crippen molar-refractivity contribution < 1.29 is 9.53 Å². The normalized spacial score (nSPS) is 13.4. The van der Waals surface area contributed by atoms with Gasteiger partial charge in [-0.05, 0) is 67.3 Å². The molecule has 1 heterocycles. The van der Waals surface area contributed by atoms with E-state index >= 15 is 0 Å². The van der Waals surface area contributed by atoms with E-state index < -0.39 is 0 Å². The van der Waals surface area contributed by atoms with Gasteiger partial charge in [0.05, 0.1) is 6.61 Å². The van der Waals surface area contributed by atoms with Crippen LogP contribution in [-0.2, 0) is 6.42 Å². The fourth-order valence-corrected chi connectivity index (χ4v) is 2.49. The van der Waals surface area contributed by atoms with Crippen LogP contribution < -0.4 is 10.5 Å². The highest BCUT2D eigenvalue weighted by molar-refractivity contribution is 6.09. The molecule has 0 aliphatic carbocycles. The Kier molecular flexibility index (Phi) is 3.18. The van der Waals surface area contributed by atoms with Gasteiger partial charge >= 0.3 is 0 Å². The van der Waals surface area contributed by atoms with E-state index in [1.165, 1.54) is 0 Å². The molecular formula is C17H17NO2. The summed E-state index contributed by atoms with van der Waals surface area (Å²) in [4.78, 5) is 12.5. The number of nitrogen functional groups attached to an aromatic ring is 1. The largest absolute Gasteiger partial charge is 0.493 e. The summed E-state index contributed by atoms with van der Waals surface area (Å²) in [6, 6.07) is 11.1. The molecule has 3 rings (SSSR count). The molecule has 0 atom stereocenters. The van der Waals surface area contributed by atoms with Gasteiger partial charge in [0.2, 0.25) is 0 Å². The van der Waals surface area contributed by atoms with E-state index in [0.717, 1.165) is 36.3 Å². The highest BCUT2D eigenvalue weighted by Crippen LogP contribution is 2.26. The molecule has 2 N–H and O–H groups in total. The third-order valence-electron chi connectivity index (χ3n) is 3.70. The molecule has 0 bridgehead atoms. The summed E-state index contributed by atoms with van der Waals surface area (Å²) < 4.78 is 5.57. The number of ketones is 1. The van der Waals surface area contributed by atoms with Crippen molar-refractivity contribution in [1.29, 1.82) is 0 Å². The van der Waals surface area contributed by atoms with Crippen molar-refractivity contribution in [2.24, 2.45) is 0 Å². The maximum absolute atomic E-state index is 12.5. The van der Waals surface area contributed by atoms with Crippen LogP contribution in [0.2, 0.25) is 0 Å². The first-order valence-corrected chi connectivity index (χ1v) is 6.82. The van der Waals surface area contributed by atoms with Gasteiger partial charge in [0.1, 0.15) is 5.75 Å². The lowest BCUT2D eigenvalue weighted by Gasteiger charge is -2.17. The van der Waals surface area contributed by atoms with Gasteiger partial charge in [-0.3, -0.25) is 4.79 Å². The monoisotopic (exact) mass is 267 g/mol.